The lowest BCUT2D eigenvalue weighted by Gasteiger charge is -2.33. The van der Waals surface area contributed by atoms with Gasteiger partial charge in [-0.15, -0.1) is 0 Å². The van der Waals surface area contributed by atoms with Crippen molar-refractivity contribution in [1.29, 1.82) is 0 Å². The zero-order valence-electron chi connectivity index (χ0n) is 14.7. The third kappa shape index (κ3) is 4.29. The van der Waals surface area contributed by atoms with Crippen LogP contribution in [0.25, 0.3) is 11.1 Å². The highest BCUT2D eigenvalue weighted by Gasteiger charge is 2.31. The van der Waals surface area contributed by atoms with Crippen molar-refractivity contribution in [3.8, 4) is 11.1 Å². The Hall–Kier alpha value is -1.69. The molecule has 4 nitrogen and oxygen atoms in total. The lowest BCUT2D eigenvalue weighted by molar-refractivity contribution is -0.00446. The molecule has 1 unspecified atom stereocenters. The van der Waals surface area contributed by atoms with Crippen molar-refractivity contribution in [1.82, 2.24) is 4.72 Å². The van der Waals surface area contributed by atoms with E-state index in [9.17, 15) is 8.42 Å². The standard InChI is InChI=1S/C20H25NO3S/c1-15(2)25(22,23)21-19-9-6-14-24-20(19)18-12-10-17(11-13-18)16-7-4-3-5-8-16/h3-5,7-8,10-13,15,19-21H,6,9,14H2,1-2H3/t19-,20?/m1/s1. The molecule has 1 aliphatic rings. The summed E-state index contributed by atoms with van der Waals surface area (Å²) < 4.78 is 33.3. The monoisotopic (exact) mass is 359 g/mol. The van der Waals surface area contributed by atoms with Gasteiger partial charge in [-0.1, -0.05) is 54.6 Å². The second kappa shape index (κ2) is 7.68. The highest BCUT2D eigenvalue weighted by atomic mass is 32.2. The molecule has 134 valence electrons. The largest absolute Gasteiger partial charge is 0.372 e. The molecular formula is C20H25NO3S. The molecule has 0 amide bonds. The van der Waals surface area contributed by atoms with E-state index in [-0.39, 0.29) is 12.1 Å². The first-order valence-electron chi connectivity index (χ1n) is 8.75. The SMILES string of the molecule is CC(C)S(=O)(=O)N[C@@H]1CCCOC1c1ccc(-c2ccccc2)cc1. The van der Waals surface area contributed by atoms with Crippen LogP contribution in [0.3, 0.4) is 0 Å². The minimum Gasteiger partial charge on any atom is -0.372 e. The second-order valence-corrected chi connectivity index (χ2v) is 9.01. The number of hydrogen-bond acceptors (Lipinski definition) is 3. The smallest absolute Gasteiger partial charge is 0.214 e. The summed E-state index contributed by atoms with van der Waals surface area (Å²) in [6.45, 7) is 4.04. The fraction of sp³-hybridized carbons (Fsp3) is 0.400. The molecule has 3 rings (SSSR count). The van der Waals surface area contributed by atoms with Crippen LogP contribution in [0.1, 0.15) is 38.4 Å². The number of nitrogens with one attached hydrogen (secondary N) is 1. The summed E-state index contributed by atoms with van der Waals surface area (Å²) in [6.07, 6.45) is 1.41. The lowest BCUT2D eigenvalue weighted by Crippen LogP contribution is -2.45. The first kappa shape index (κ1) is 18.1. The van der Waals surface area contributed by atoms with Crippen molar-refractivity contribution in [2.75, 3.05) is 6.61 Å². The molecule has 0 spiro atoms. The summed E-state index contributed by atoms with van der Waals surface area (Å²) in [5.41, 5.74) is 3.31. The number of benzene rings is 2. The highest BCUT2D eigenvalue weighted by molar-refractivity contribution is 7.90. The minimum absolute atomic E-state index is 0.219. The maximum Gasteiger partial charge on any atom is 0.214 e. The van der Waals surface area contributed by atoms with E-state index >= 15 is 0 Å². The third-order valence-electron chi connectivity index (χ3n) is 4.60. The van der Waals surface area contributed by atoms with Gasteiger partial charge in [0, 0.05) is 6.61 Å². The van der Waals surface area contributed by atoms with E-state index in [1.807, 2.05) is 30.3 Å². The van der Waals surface area contributed by atoms with E-state index in [0.29, 0.717) is 6.61 Å². The molecule has 1 saturated heterocycles. The molecule has 1 heterocycles. The van der Waals surface area contributed by atoms with Crippen LogP contribution in [0.15, 0.2) is 54.6 Å². The highest BCUT2D eigenvalue weighted by Crippen LogP contribution is 2.31. The molecular weight excluding hydrogens is 334 g/mol. The Morgan fingerprint density at radius 2 is 1.64 bits per heavy atom. The van der Waals surface area contributed by atoms with Gasteiger partial charge in [0.05, 0.1) is 17.4 Å². The zero-order valence-corrected chi connectivity index (χ0v) is 15.5. The Balaban J connectivity index is 1.81. The Bertz CT molecular complexity index is 785. The predicted octanol–water partition coefficient (Wildman–Crippen LogP) is 3.90. The van der Waals surface area contributed by atoms with Crippen LogP contribution in [0.4, 0.5) is 0 Å². The molecule has 0 aromatic heterocycles. The van der Waals surface area contributed by atoms with E-state index < -0.39 is 15.3 Å². The van der Waals surface area contributed by atoms with E-state index in [1.54, 1.807) is 13.8 Å². The topological polar surface area (TPSA) is 55.4 Å². The molecule has 2 atom stereocenters. The average Bonchev–Trinajstić information content (AvgIpc) is 2.63. The molecule has 1 N–H and O–H groups in total. The van der Waals surface area contributed by atoms with Gasteiger partial charge in [-0.3, -0.25) is 0 Å². The van der Waals surface area contributed by atoms with E-state index in [2.05, 4.69) is 29.0 Å². The Morgan fingerprint density at radius 1 is 1.00 bits per heavy atom. The van der Waals surface area contributed by atoms with Gasteiger partial charge in [0.15, 0.2) is 0 Å². The third-order valence-corrected chi connectivity index (χ3v) is 6.48. The van der Waals surface area contributed by atoms with Gasteiger partial charge in [0.25, 0.3) is 0 Å². The van der Waals surface area contributed by atoms with Crippen molar-refractivity contribution < 1.29 is 13.2 Å². The molecule has 1 fully saturated rings. The summed E-state index contributed by atoms with van der Waals surface area (Å²) in [4.78, 5) is 0. The first-order chi connectivity index (χ1) is 12.0. The van der Waals surface area contributed by atoms with Crippen molar-refractivity contribution in [2.24, 2.45) is 0 Å². The van der Waals surface area contributed by atoms with Crippen molar-refractivity contribution in [3.63, 3.8) is 0 Å². The quantitative estimate of drug-likeness (QED) is 0.881. The maximum absolute atomic E-state index is 12.2. The van der Waals surface area contributed by atoms with Crippen molar-refractivity contribution in [2.45, 2.75) is 44.1 Å². The van der Waals surface area contributed by atoms with Crippen LogP contribution in [0.2, 0.25) is 0 Å². The molecule has 1 aliphatic heterocycles. The number of sulfonamides is 1. The van der Waals surface area contributed by atoms with E-state index in [0.717, 1.165) is 29.5 Å². The van der Waals surface area contributed by atoms with E-state index in [4.69, 9.17) is 4.74 Å². The van der Waals surface area contributed by atoms with E-state index in [1.165, 1.54) is 0 Å². The van der Waals surface area contributed by atoms with Crippen LogP contribution in [-0.2, 0) is 14.8 Å². The molecule has 0 saturated carbocycles. The molecule has 2 aromatic carbocycles. The maximum atomic E-state index is 12.2. The van der Waals surface area contributed by atoms with Crippen molar-refractivity contribution >= 4 is 10.0 Å². The van der Waals surface area contributed by atoms with Gasteiger partial charge >= 0.3 is 0 Å². The Morgan fingerprint density at radius 3 is 2.28 bits per heavy atom. The fourth-order valence-corrected chi connectivity index (χ4v) is 4.01. The summed E-state index contributed by atoms with van der Waals surface area (Å²) in [7, 11) is -3.32. The number of hydrogen-bond donors (Lipinski definition) is 1. The van der Waals surface area contributed by atoms with Crippen LogP contribution in [0.5, 0.6) is 0 Å². The predicted molar refractivity (Wildman–Crippen MR) is 101 cm³/mol. The summed E-state index contributed by atoms with van der Waals surface area (Å²) in [5, 5.41) is -0.449. The zero-order chi connectivity index (χ0) is 17.9. The fourth-order valence-electron chi connectivity index (χ4n) is 3.07. The van der Waals surface area contributed by atoms with Gasteiger partial charge < -0.3 is 4.74 Å². The Kier molecular flexibility index (Phi) is 5.57. The minimum atomic E-state index is -3.32. The molecule has 0 bridgehead atoms. The van der Waals surface area contributed by atoms with Gasteiger partial charge in [-0.2, -0.15) is 0 Å². The Labute approximate surface area is 150 Å². The van der Waals surface area contributed by atoms with Crippen LogP contribution in [0, 0.1) is 0 Å². The summed E-state index contributed by atoms with van der Waals surface area (Å²) >= 11 is 0. The molecule has 0 radical (unpaired) electrons. The number of rotatable bonds is 5. The van der Waals surface area contributed by atoms with Crippen LogP contribution >= 0.6 is 0 Å². The summed E-state index contributed by atoms with van der Waals surface area (Å²) in [5.74, 6) is 0. The second-order valence-electron chi connectivity index (χ2n) is 6.74. The normalized spacial score (nSPS) is 21.4. The lowest BCUT2D eigenvalue weighted by atomic mass is 9.95. The molecule has 0 aliphatic carbocycles. The van der Waals surface area contributed by atoms with Crippen LogP contribution < -0.4 is 4.72 Å². The first-order valence-corrected chi connectivity index (χ1v) is 10.3. The van der Waals surface area contributed by atoms with Gasteiger partial charge in [-0.05, 0) is 43.4 Å². The van der Waals surface area contributed by atoms with Gasteiger partial charge in [0.2, 0.25) is 10.0 Å². The van der Waals surface area contributed by atoms with Crippen LogP contribution in [-0.4, -0.2) is 26.3 Å². The number of ether oxygens (including phenoxy) is 1. The molecule has 5 heteroatoms. The molecule has 2 aromatic rings. The molecule has 25 heavy (non-hydrogen) atoms. The van der Waals surface area contributed by atoms with Gasteiger partial charge in [0.1, 0.15) is 0 Å². The van der Waals surface area contributed by atoms with Gasteiger partial charge in [-0.25, -0.2) is 13.1 Å². The van der Waals surface area contributed by atoms with Crippen molar-refractivity contribution in [3.05, 3.63) is 60.2 Å². The summed E-state index contributed by atoms with van der Waals surface area (Å²) in [6, 6.07) is 18.2. The average molecular weight is 359 g/mol.